The van der Waals surface area contributed by atoms with Crippen LogP contribution >= 0.6 is 0 Å². The standard InChI is InChI=1S/C19H26N2O4/c1-14(10-19(24)25-2)9-17(22)20-12-15-5-3-6-16(11-15)13-21-8-4-7-18(21)23/h3,5-6,11,14H,4,7-10,12-13H2,1-2H3,(H,20,22). The topological polar surface area (TPSA) is 75.7 Å². The Morgan fingerprint density at radius 1 is 1.28 bits per heavy atom. The number of hydrogen-bond donors (Lipinski definition) is 1. The van der Waals surface area contributed by atoms with Crippen LogP contribution in [0.25, 0.3) is 0 Å². The first-order valence-corrected chi connectivity index (χ1v) is 8.67. The van der Waals surface area contributed by atoms with E-state index in [1.807, 2.05) is 36.1 Å². The highest BCUT2D eigenvalue weighted by atomic mass is 16.5. The lowest BCUT2D eigenvalue weighted by molar-refractivity contribution is -0.141. The smallest absolute Gasteiger partial charge is 0.305 e. The molecule has 2 rings (SSSR count). The van der Waals surface area contributed by atoms with Crippen LogP contribution < -0.4 is 5.32 Å². The Kier molecular flexibility index (Phi) is 6.98. The number of nitrogens with one attached hydrogen (secondary N) is 1. The number of esters is 1. The van der Waals surface area contributed by atoms with Gasteiger partial charge in [0, 0.05) is 38.9 Å². The molecule has 1 aromatic carbocycles. The van der Waals surface area contributed by atoms with Gasteiger partial charge in [-0.3, -0.25) is 14.4 Å². The van der Waals surface area contributed by atoms with Crippen molar-refractivity contribution in [3.05, 3.63) is 35.4 Å². The second-order valence-corrected chi connectivity index (χ2v) is 6.61. The first-order chi connectivity index (χ1) is 12.0. The van der Waals surface area contributed by atoms with Crippen molar-refractivity contribution in [3.8, 4) is 0 Å². The fourth-order valence-corrected chi connectivity index (χ4v) is 2.96. The van der Waals surface area contributed by atoms with Crippen molar-refractivity contribution >= 4 is 17.8 Å². The van der Waals surface area contributed by atoms with Crippen molar-refractivity contribution in [1.82, 2.24) is 10.2 Å². The molecule has 1 aliphatic heterocycles. The number of rotatable bonds is 8. The highest BCUT2D eigenvalue weighted by Gasteiger charge is 2.20. The number of carbonyl (C=O) groups excluding carboxylic acids is 3. The van der Waals surface area contributed by atoms with Crippen molar-refractivity contribution in [2.24, 2.45) is 5.92 Å². The molecule has 136 valence electrons. The molecule has 25 heavy (non-hydrogen) atoms. The molecule has 0 radical (unpaired) electrons. The zero-order valence-electron chi connectivity index (χ0n) is 14.9. The third kappa shape index (κ3) is 6.21. The van der Waals surface area contributed by atoms with E-state index in [1.165, 1.54) is 7.11 Å². The molecule has 6 nitrogen and oxygen atoms in total. The quantitative estimate of drug-likeness (QED) is 0.731. The van der Waals surface area contributed by atoms with E-state index in [-0.39, 0.29) is 36.5 Å². The van der Waals surface area contributed by atoms with Crippen LogP contribution in [-0.4, -0.2) is 36.3 Å². The molecule has 2 amide bonds. The molecule has 1 unspecified atom stereocenters. The molecule has 1 N–H and O–H groups in total. The van der Waals surface area contributed by atoms with Gasteiger partial charge in [0.15, 0.2) is 0 Å². The average molecular weight is 346 g/mol. The normalized spacial score (nSPS) is 15.1. The molecule has 1 aliphatic rings. The third-order valence-electron chi connectivity index (χ3n) is 4.30. The first-order valence-electron chi connectivity index (χ1n) is 8.67. The lowest BCUT2D eigenvalue weighted by atomic mass is 10.0. The van der Waals surface area contributed by atoms with Gasteiger partial charge in [-0.05, 0) is 23.5 Å². The van der Waals surface area contributed by atoms with Crippen LogP contribution in [0.4, 0.5) is 0 Å². The molecule has 0 bridgehead atoms. The van der Waals surface area contributed by atoms with Crippen molar-refractivity contribution in [3.63, 3.8) is 0 Å². The van der Waals surface area contributed by atoms with Crippen LogP contribution in [-0.2, 0) is 32.2 Å². The van der Waals surface area contributed by atoms with Gasteiger partial charge in [0.2, 0.25) is 11.8 Å². The van der Waals surface area contributed by atoms with Gasteiger partial charge in [-0.25, -0.2) is 0 Å². The molecule has 1 heterocycles. The summed E-state index contributed by atoms with van der Waals surface area (Å²) in [7, 11) is 1.35. The van der Waals surface area contributed by atoms with Gasteiger partial charge < -0.3 is 15.0 Å². The molecule has 0 aliphatic carbocycles. The Hall–Kier alpha value is -2.37. The number of nitrogens with zero attached hydrogens (tertiary/aromatic N) is 1. The fraction of sp³-hybridized carbons (Fsp3) is 0.526. The zero-order chi connectivity index (χ0) is 18.2. The Morgan fingerprint density at radius 2 is 2.04 bits per heavy atom. The fourth-order valence-electron chi connectivity index (χ4n) is 2.96. The molecule has 1 saturated heterocycles. The van der Waals surface area contributed by atoms with Crippen LogP contribution in [0.1, 0.15) is 43.7 Å². The predicted molar refractivity (Wildman–Crippen MR) is 93.4 cm³/mol. The maximum atomic E-state index is 12.0. The Bertz CT molecular complexity index is 630. The summed E-state index contributed by atoms with van der Waals surface area (Å²) in [5, 5.41) is 2.88. The summed E-state index contributed by atoms with van der Waals surface area (Å²) in [5.41, 5.74) is 2.07. The molecule has 1 aromatic rings. The Morgan fingerprint density at radius 3 is 2.72 bits per heavy atom. The van der Waals surface area contributed by atoms with E-state index in [1.54, 1.807) is 0 Å². The van der Waals surface area contributed by atoms with Crippen LogP contribution in [0.5, 0.6) is 0 Å². The van der Waals surface area contributed by atoms with E-state index in [0.29, 0.717) is 19.5 Å². The van der Waals surface area contributed by atoms with Crippen molar-refractivity contribution in [1.29, 1.82) is 0 Å². The summed E-state index contributed by atoms with van der Waals surface area (Å²) in [4.78, 5) is 36.8. The predicted octanol–water partition coefficient (Wildman–Crippen LogP) is 2.01. The number of carbonyl (C=O) groups is 3. The van der Waals surface area contributed by atoms with Gasteiger partial charge in [-0.1, -0.05) is 31.2 Å². The van der Waals surface area contributed by atoms with E-state index in [0.717, 1.165) is 24.1 Å². The van der Waals surface area contributed by atoms with E-state index in [2.05, 4.69) is 10.1 Å². The Labute approximate surface area is 148 Å². The first kappa shape index (κ1) is 19.0. The lowest BCUT2D eigenvalue weighted by Crippen LogP contribution is -2.26. The van der Waals surface area contributed by atoms with Gasteiger partial charge in [0.1, 0.15) is 0 Å². The van der Waals surface area contributed by atoms with E-state index in [4.69, 9.17) is 0 Å². The second kappa shape index (κ2) is 9.20. The maximum absolute atomic E-state index is 12.0. The number of likely N-dealkylation sites (tertiary alicyclic amines) is 1. The zero-order valence-corrected chi connectivity index (χ0v) is 14.9. The summed E-state index contributed by atoms with van der Waals surface area (Å²) in [6, 6.07) is 7.91. The van der Waals surface area contributed by atoms with Crippen LogP contribution in [0, 0.1) is 5.92 Å². The Balaban J connectivity index is 1.80. The second-order valence-electron chi connectivity index (χ2n) is 6.61. The summed E-state index contributed by atoms with van der Waals surface area (Å²) in [5.74, 6) is -0.237. The minimum Gasteiger partial charge on any atom is -0.469 e. The summed E-state index contributed by atoms with van der Waals surface area (Å²) >= 11 is 0. The SMILES string of the molecule is COC(=O)CC(C)CC(=O)NCc1cccc(CN2CCCC2=O)c1. The molecular weight excluding hydrogens is 320 g/mol. The summed E-state index contributed by atoms with van der Waals surface area (Å²) in [6.07, 6.45) is 2.10. The highest BCUT2D eigenvalue weighted by Crippen LogP contribution is 2.15. The molecule has 0 spiro atoms. The largest absolute Gasteiger partial charge is 0.469 e. The molecule has 6 heteroatoms. The van der Waals surface area contributed by atoms with Gasteiger partial charge in [-0.15, -0.1) is 0 Å². The van der Waals surface area contributed by atoms with Gasteiger partial charge >= 0.3 is 5.97 Å². The van der Waals surface area contributed by atoms with E-state index < -0.39 is 0 Å². The van der Waals surface area contributed by atoms with Crippen LogP contribution in [0.2, 0.25) is 0 Å². The number of amides is 2. The van der Waals surface area contributed by atoms with Crippen LogP contribution in [0.15, 0.2) is 24.3 Å². The third-order valence-corrected chi connectivity index (χ3v) is 4.30. The van der Waals surface area contributed by atoms with Gasteiger partial charge in [0.25, 0.3) is 0 Å². The van der Waals surface area contributed by atoms with Crippen LogP contribution in [0.3, 0.4) is 0 Å². The molecule has 1 fully saturated rings. The number of benzene rings is 1. The monoisotopic (exact) mass is 346 g/mol. The number of hydrogen-bond acceptors (Lipinski definition) is 4. The number of methoxy groups -OCH3 is 1. The van der Waals surface area contributed by atoms with Crippen molar-refractivity contribution in [2.75, 3.05) is 13.7 Å². The van der Waals surface area contributed by atoms with Crippen molar-refractivity contribution in [2.45, 2.75) is 45.7 Å². The summed E-state index contributed by atoms with van der Waals surface area (Å²) in [6.45, 7) is 3.73. The average Bonchev–Trinajstić information content (AvgIpc) is 2.98. The minimum absolute atomic E-state index is 0.0556. The summed E-state index contributed by atoms with van der Waals surface area (Å²) < 4.78 is 4.61. The maximum Gasteiger partial charge on any atom is 0.305 e. The molecule has 1 atom stereocenters. The number of ether oxygens (including phenoxy) is 1. The lowest BCUT2D eigenvalue weighted by Gasteiger charge is -2.16. The molecule has 0 saturated carbocycles. The molecular formula is C19H26N2O4. The minimum atomic E-state index is -0.301. The molecule has 0 aromatic heterocycles. The van der Waals surface area contributed by atoms with Gasteiger partial charge in [0.05, 0.1) is 7.11 Å². The van der Waals surface area contributed by atoms with Gasteiger partial charge in [-0.2, -0.15) is 0 Å². The van der Waals surface area contributed by atoms with E-state index >= 15 is 0 Å². The highest BCUT2D eigenvalue weighted by molar-refractivity contribution is 5.78. The van der Waals surface area contributed by atoms with E-state index in [9.17, 15) is 14.4 Å². The van der Waals surface area contributed by atoms with Crippen molar-refractivity contribution < 1.29 is 19.1 Å².